The third kappa shape index (κ3) is 0.860. The number of fused-ring (bicyclic) bond motifs is 1. The first-order chi connectivity index (χ1) is 5.79. The van der Waals surface area contributed by atoms with Crippen LogP contribution in [0.5, 0.6) is 0 Å². The van der Waals surface area contributed by atoms with Gasteiger partial charge >= 0.3 is 0 Å². The van der Waals surface area contributed by atoms with Gasteiger partial charge in [-0.2, -0.15) is 0 Å². The molecule has 2 unspecified atom stereocenters. The molecule has 0 heterocycles. The molecule has 2 atom stereocenters. The van der Waals surface area contributed by atoms with E-state index in [0.29, 0.717) is 0 Å². The topological polar surface area (TPSA) is 0 Å². The third-order valence-corrected chi connectivity index (χ3v) is 1.66. The van der Waals surface area contributed by atoms with E-state index < -0.39 is 0 Å². The Hall–Kier alpha value is -1.04. The highest BCUT2D eigenvalue weighted by Gasteiger charge is 2.00. The quantitative estimate of drug-likeness (QED) is 0.475. The standard InChI is InChI=1S/C10H10/c1-2-6-10-8-4-3-7-9(10)5-1/h1-6H,7-8H2/i7D,8D. The fourth-order valence-electron chi connectivity index (χ4n) is 1.13. The predicted octanol–water partition coefficient (Wildman–Crippen LogP) is 2.34. The van der Waals surface area contributed by atoms with Gasteiger partial charge in [0.2, 0.25) is 0 Å². The molecular formula is C10H10. The minimum Gasteiger partial charge on any atom is -0.0838 e. The molecule has 2 rings (SSSR count). The minimum absolute atomic E-state index is 0.275. The van der Waals surface area contributed by atoms with Crippen LogP contribution < -0.4 is 0 Å². The van der Waals surface area contributed by atoms with Gasteiger partial charge in [0.05, 0.1) is 0 Å². The van der Waals surface area contributed by atoms with Crippen LogP contribution >= 0.6 is 0 Å². The maximum Gasteiger partial charge on any atom is 0.0359 e. The lowest BCUT2D eigenvalue weighted by Gasteiger charge is -2.08. The number of rotatable bonds is 0. The lowest BCUT2D eigenvalue weighted by atomic mass is 9.97. The van der Waals surface area contributed by atoms with E-state index in [0.717, 1.165) is 11.1 Å². The summed E-state index contributed by atoms with van der Waals surface area (Å²) in [4.78, 5) is 0. The van der Waals surface area contributed by atoms with E-state index >= 15 is 0 Å². The van der Waals surface area contributed by atoms with E-state index in [4.69, 9.17) is 2.74 Å². The number of hydrogen-bond donors (Lipinski definition) is 0. The minimum atomic E-state index is -0.275. The Morgan fingerprint density at radius 2 is 1.50 bits per heavy atom. The number of benzene rings is 1. The second-order valence-corrected chi connectivity index (χ2v) is 2.35. The zero-order chi connectivity index (χ0) is 8.55. The van der Waals surface area contributed by atoms with Crippen LogP contribution in [0.2, 0.25) is 0 Å². The van der Waals surface area contributed by atoms with Gasteiger partial charge in [0.25, 0.3) is 0 Å². The van der Waals surface area contributed by atoms with Gasteiger partial charge in [-0.1, -0.05) is 36.4 Å². The third-order valence-electron chi connectivity index (χ3n) is 1.66. The van der Waals surface area contributed by atoms with E-state index in [1.165, 1.54) is 0 Å². The van der Waals surface area contributed by atoms with Crippen LogP contribution in [0, 0.1) is 0 Å². The van der Waals surface area contributed by atoms with Crippen molar-refractivity contribution in [2.24, 2.45) is 0 Å². The van der Waals surface area contributed by atoms with Crippen molar-refractivity contribution in [3.63, 3.8) is 0 Å². The second kappa shape index (κ2) is 2.30. The van der Waals surface area contributed by atoms with Crippen molar-refractivity contribution in [1.29, 1.82) is 0 Å². The molecule has 0 aromatic heterocycles. The van der Waals surface area contributed by atoms with E-state index in [2.05, 4.69) is 0 Å². The number of hydrogen-bond acceptors (Lipinski definition) is 0. The van der Waals surface area contributed by atoms with Gasteiger partial charge in [-0.05, 0) is 23.9 Å². The largest absolute Gasteiger partial charge is 0.0838 e. The van der Waals surface area contributed by atoms with Crippen molar-refractivity contribution in [3.8, 4) is 0 Å². The van der Waals surface area contributed by atoms with Gasteiger partial charge in [-0.15, -0.1) is 0 Å². The molecule has 1 aliphatic rings. The van der Waals surface area contributed by atoms with Crippen LogP contribution in [0.3, 0.4) is 0 Å². The van der Waals surface area contributed by atoms with Crippen molar-refractivity contribution < 1.29 is 2.74 Å². The summed E-state index contributed by atoms with van der Waals surface area (Å²) < 4.78 is 15.3. The summed E-state index contributed by atoms with van der Waals surface area (Å²) in [6.07, 6.45) is 3.01. The molecule has 0 heteroatoms. The highest BCUT2D eigenvalue weighted by Crippen LogP contribution is 2.14. The van der Waals surface area contributed by atoms with Gasteiger partial charge < -0.3 is 0 Å². The molecule has 0 nitrogen and oxygen atoms in total. The van der Waals surface area contributed by atoms with E-state index in [1.807, 2.05) is 24.3 Å². The Bertz CT molecular complexity index is 286. The molecule has 0 saturated heterocycles. The molecule has 1 aliphatic carbocycles. The molecular weight excluding hydrogens is 120 g/mol. The molecule has 0 saturated carbocycles. The lowest BCUT2D eigenvalue weighted by molar-refractivity contribution is 1.09. The average molecular weight is 132 g/mol. The summed E-state index contributed by atoms with van der Waals surface area (Å²) >= 11 is 0. The average Bonchev–Trinajstić information content (AvgIpc) is 2.12. The first-order valence-corrected chi connectivity index (χ1v) is 3.40. The van der Waals surface area contributed by atoms with Crippen LogP contribution in [-0.2, 0) is 12.8 Å². The molecule has 1 aromatic carbocycles. The monoisotopic (exact) mass is 132 g/mol. The zero-order valence-corrected chi connectivity index (χ0v) is 5.62. The maximum absolute atomic E-state index is 7.67. The highest BCUT2D eigenvalue weighted by molar-refractivity contribution is 5.33. The Labute approximate surface area is 64.0 Å². The summed E-state index contributed by atoms with van der Waals surface area (Å²) in [6, 6.07) is 7.70. The van der Waals surface area contributed by atoms with Crippen LogP contribution in [-0.4, -0.2) is 0 Å². The van der Waals surface area contributed by atoms with Crippen LogP contribution in [0.1, 0.15) is 13.9 Å². The highest BCUT2D eigenvalue weighted by atomic mass is 14.1. The Morgan fingerprint density at radius 3 is 2.00 bits per heavy atom. The molecule has 0 bridgehead atoms. The van der Waals surface area contributed by atoms with Crippen molar-refractivity contribution in [2.75, 3.05) is 0 Å². The molecule has 0 amide bonds. The summed E-state index contributed by atoms with van der Waals surface area (Å²) in [5, 5.41) is 0. The van der Waals surface area contributed by atoms with E-state index in [9.17, 15) is 0 Å². The molecule has 0 N–H and O–H groups in total. The normalized spacial score (nSPS) is 32.4. The van der Waals surface area contributed by atoms with E-state index in [-0.39, 0.29) is 12.8 Å². The van der Waals surface area contributed by atoms with Crippen LogP contribution in [0.25, 0.3) is 0 Å². The van der Waals surface area contributed by atoms with Gasteiger partial charge in [-0.25, -0.2) is 0 Å². The van der Waals surface area contributed by atoms with Crippen LogP contribution in [0.4, 0.5) is 0 Å². The zero-order valence-electron chi connectivity index (χ0n) is 7.62. The molecule has 0 aliphatic heterocycles. The summed E-state index contributed by atoms with van der Waals surface area (Å²) in [7, 11) is 0. The SMILES string of the molecule is [2H]C1C=CC([2H])c2ccccc21. The summed E-state index contributed by atoms with van der Waals surface area (Å²) in [6.45, 7) is 0. The van der Waals surface area contributed by atoms with Crippen molar-refractivity contribution in [1.82, 2.24) is 0 Å². The fourth-order valence-corrected chi connectivity index (χ4v) is 1.13. The Kier molecular flexibility index (Phi) is 0.911. The van der Waals surface area contributed by atoms with Crippen molar-refractivity contribution in [3.05, 3.63) is 47.5 Å². The summed E-state index contributed by atoms with van der Waals surface area (Å²) in [5.41, 5.74) is 1.94. The maximum atomic E-state index is 7.67. The summed E-state index contributed by atoms with van der Waals surface area (Å²) in [5.74, 6) is 0. The van der Waals surface area contributed by atoms with Crippen LogP contribution in [0.15, 0.2) is 36.4 Å². The smallest absolute Gasteiger partial charge is 0.0359 e. The molecule has 50 valence electrons. The van der Waals surface area contributed by atoms with Gasteiger partial charge in [0, 0.05) is 2.74 Å². The Balaban J connectivity index is 2.54. The molecule has 0 spiro atoms. The molecule has 10 heavy (non-hydrogen) atoms. The van der Waals surface area contributed by atoms with Gasteiger partial charge in [-0.3, -0.25) is 0 Å². The Morgan fingerprint density at radius 1 is 1.00 bits per heavy atom. The molecule has 1 aromatic rings. The van der Waals surface area contributed by atoms with E-state index in [1.54, 1.807) is 12.2 Å². The fraction of sp³-hybridized carbons (Fsp3) is 0.200. The lowest BCUT2D eigenvalue weighted by Crippen LogP contribution is -1.95. The van der Waals surface area contributed by atoms with Crippen molar-refractivity contribution in [2.45, 2.75) is 12.8 Å². The first-order valence-electron chi connectivity index (χ1n) is 4.56. The predicted molar refractivity (Wildman–Crippen MR) is 43.0 cm³/mol. The molecule has 0 radical (unpaired) electrons. The molecule has 0 fully saturated rings. The number of allylic oxidation sites excluding steroid dienone is 2. The first kappa shape index (κ1) is 3.97. The van der Waals surface area contributed by atoms with Gasteiger partial charge in [0.1, 0.15) is 0 Å². The van der Waals surface area contributed by atoms with Gasteiger partial charge in [0.15, 0.2) is 0 Å². The van der Waals surface area contributed by atoms with Crippen molar-refractivity contribution >= 4 is 0 Å². The second-order valence-electron chi connectivity index (χ2n) is 2.35.